The van der Waals surface area contributed by atoms with Crippen LogP contribution >= 0.6 is 11.6 Å². The molecule has 2 rings (SSSR count). The second-order valence-corrected chi connectivity index (χ2v) is 4.40. The van der Waals surface area contributed by atoms with Crippen molar-refractivity contribution in [1.82, 2.24) is 0 Å². The van der Waals surface area contributed by atoms with Crippen LogP contribution in [0.25, 0.3) is 0 Å². The summed E-state index contributed by atoms with van der Waals surface area (Å²) in [6.07, 6.45) is 0. The molecule has 0 aliphatic carbocycles. The Morgan fingerprint density at radius 3 is 2.50 bits per heavy atom. The minimum absolute atomic E-state index is 0.607. The first-order valence-corrected chi connectivity index (χ1v) is 5.97. The van der Waals surface area contributed by atoms with E-state index in [0.29, 0.717) is 17.3 Å². The number of rotatable bonds is 4. The van der Waals surface area contributed by atoms with Gasteiger partial charge in [0.05, 0.1) is 17.3 Å². The van der Waals surface area contributed by atoms with Crippen LogP contribution in [0, 0.1) is 0 Å². The fourth-order valence-electron chi connectivity index (χ4n) is 1.64. The first kappa shape index (κ1) is 12.7. The van der Waals surface area contributed by atoms with Crippen molar-refractivity contribution in [2.45, 2.75) is 6.61 Å². The number of nitrogens with one attached hydrogen (secondary N) is 1. The molecular weight excluding hydrogens is 248 g/mol. The molecule has 0 aliphatic heterocycles. The van der Waals surface area contributed by atoms with E-state index in [2.05, 4.69) is 5.32 Å². The number of hydrogen-bond acceptors (Lipinski definition) is 3. The molecule has 3 N–H and O–H groups in total. The third kappa shape index (κ3) is 3.15. The van der Waals surface area contributed by atoms with Gasteiger partial charge in [0.2, 0.25) is 0 Å². The lowest BCUT2D eigenvalue weighted by molar-refractivity contribution is 0.185. The summed E-state index contributed by atoms with van der Waals surface area (Å²) < 4.78 is 5.06. The highest BCUT2D eigenvalue weighted by Gasteiger charge is 2.01. The van der Waals surface area contributed by atoms with Gasteiger partial charge in [0.25, 0.3) is 0 Å². The summed E-state index contributed by atoms with van der Waals surface area (Å²) in [6.45, 7) is 0.614. The highest BCUT2D eigenvalue weighted by Crippen LogP contribution is 2.27. The van der Waals surface area contributed by atoms with Gasteiger partial charge in [0, 0.05) is 18.5 Å². The monoisotopic (exact) mass is 262 g/mol. The van der Waals surface area contributed by atoms with E-state index in [4.69, 9.17) is 22.1 Å². The Hall–Kier alpha value is -1.71. The highest BCUT2D eigenvalue weighted by molar-refractivity contribution is 6.33. The Morgan fingerprint density at radius 2 is 1.89 bits per heavy atom. The average Bonchev–Trinajstić information content (AvgIpc) is 2.35. The zero-order valence-corrected chi connectivity index (χ0v) is 10.9. The van der Waals surface area contributed by atoms with Crippen LogP contribution in [0.2, 0.25) is 5.02 Å². The molecule has 4 heteroatoms. The molecule has 0 unspecified atom stereocenters. The fourth-order valence-corrected chi connectivity index (χ4v) is 1.88. The maximum absolute atomic E-state index is 6.10. The largest absolute Gasteiger partial charge is 0.399 e. The summed E-state index contributed by atoms with van der Waals surface area (Å²) in [5.41, 5.74) is 9.24. The van der Waals surface area contributed by atoms with Gasteiger partial charge in [0.15, 0.2) is 0 Å². The molecule has 0 aliphatic rings. The Morgan fingerprint density at radius 1 is 1.17 bits per heavy atom. The molecule has 0 atom stereocenters. The molecular formula is C14H15ClN2O. The Kier molecular flexibility index (Phi) is 4.07. The van der Waals surface area contributed by atoms with Crippen molar-refractivity contribution >= 4 is 28.7 Å². The van der Waals surface area contributed by atoms with E-state index in [9.17, 15) is 0 Å². The van der Waals surface area contributed by atoms with Gasteiger partial charge in [-0.2, -0.15) is 0 Å². The lowest BCUT2D eigenvalue weighted by Crippen LogP contribution is -1.94. The predicted octanol–water partition coefficient (Wildman–Crippen LogP) is 3.81. The molecule has 3 nitrogen and oxygen atoms in total. The van der Waals surface area contributed by atoms with Crippen molar-refractivity contribution in [3.8, 4) is 0 Å². The van der Waals surface area contributed by atoms with Crippen LogP contribution < -0.4 is 11.1 Å². The molecule has 0 saturated carbocycles. The number of nitrogens with two attached hydrogens (primary N) is 1. The van der Waals surface area contributed by atoms with Gasteiger partial charge < -0.3 is 15.8 Å². The standard InChI is InChI=1S/C14H15ClN2O/c1-18-9-10-2-5-12(6-3-10)17-14-7-4-11(16)8-13(14)15/h2-8,17H,9,16H2,1H3. The number of methoxy groups -OCH3 is 1. The third-order valence-corrected chi connectivity index (χ3v) is 2.85. The second kappa shape index (κ2) is 5.76. The minimum Gasteiger partial charge on any atom is -0.399 e. The Balaban J connectivity index is 2.13. The molecule has 0 spiro atoms. The molecule has 0 heterocycles. The summed E-state index contributed by atoms with van der Waals surface area (Å²) in [5, 5.41) is 3.85. The Labute approximate surface area is 112 Å². The van der Waals surface area contributed by atoms with Crippen LogP contribution in [0.5, 0.6) is 0 Å². The first-order valence-electron chi connectivity index (χ1n) is 5.59. The maximum atomic E-state index is 6.10. The number of nitrogen functional groups attached to an aromatic ring is 1. The van der Waals surface area contributed by atoms with Crippen molar-refractivity contribution in [1.29, 1.82) is 0 Å². The molecule has 0 bridgehead atoms. The van der Waals surface area contributed by atoms with E-state index in [0.717, 1.165) is 16.9 Å². The van der Waals surface area contributed by atoms with Gasteiger partial charge in [-0.25, -0.2) is 0 Å². The van der Waals surface area contributed by atoms with Gasteiger partial charge in [-0.15, -0.1) is 0 Å². The number of anilines is 3. The number of hydrogen-bond donors (Lipinski definition) is 2. The molecule has 18 heavy (non-hydrogen) atoms. The number of benzene rings is 2. The van der Waals surface area contributed by atoms with E-state index in [1.807, 2.05) is 36.4 Å². The maximum Gasteiger partial charge on any atom is 0.0713 e. The molecule has 2 aromatic rings. The van der Waals surface area contributed by atoms with Crippen molar-refractivity contribution < 1.29 is 4.74 Å². The SMILES string of the molecule is COCc1ccc(Nc2ccc(N)cc2Cl)cc1. The zero-order valence-electron chi connectivity index (χ0n) is 10.1. The van der Waals surface area contributed by atoms with Gasteiger partial charge in [-0.3, -0.25) is 0 Å². The Bertz CT molecular complexity index is 526. The lowest BCUT2D eigenvalue weighted by Gasteiger charge is -2.09. The summed E-state index contributed by atoms with van der Waals surface area (Å²) in [7, 11) is 1.68. The van der Waals surface area contributed by atoms with E-state index < -0.39 is 0 Å². The molecule has 0 fully saturated rings. The predicted molar refractivity (Wildman–Crippen MR) is 76.3 cm³/mol. The quantitative estimate of drug-likeness (QED) is 0.824. The summed E-state index contributed by atoms with van der Waals surface area (Å²) >= 11 is 6.10. The van der Waals surface area contributed by atoms with Crippen LogP contribution in [-0.2, 0) is 11.3 Å². The molecule has 0 amide bonds. The molecule has 0 aromatic heterocycles. The van der Waals surface area contributed by atoms with Gasteiger partial charge in [0.1, 0.15) is 0 Å². The van der Waals surface area contributed by atoms with E-state index in [1.54, 1.807) is 13.2 Å². The van der Waals surface area contributed by atoms with Crippen LogP contribution in [0.4, 0.5) is 17.1 Å². The number of ether oxygens (including phenoxy) is 1. The molecule has 0 saturated heterocycles. The van der Waals surface area contributed by atoms with Gasteiger partial charge in [-0.05, 0) is 35.9 Å². The summed E-state index contributed by atoms with van der Waals surface area (Å²) in [4.78, 5) is 0. The summed E-state index contributed by atoms with van der Waals surface area (Å²) in [5.74, 6) is 0. The van der Waals surface area contributed by atoms with Crippen molar-refractivity contribution in [3.05, 3.63) is 53.1 Å². The smallest absolute Gasteiger partial charge is 0.0713 e. The molecule has 2 aromatic carbocycles. The van der Waals surface area contributed by atoms with Crippen LogP contribution in [-0.4, -0.2) is 7.11 Å². The van der Waals surface area contributed by atoms with Gasteiger partial charge >= 0.3 is 0 Å². The summed E-state index contributed by atoms with van der Waals surface area (Å²) in [6, 6.07) is 13.4. The lowest BCUT2D eigenvalue weighted by atomic mass is 10.2. The van der Waals surface area contributed by atoms with Crippen LogP contribution in [0.1, 0.15) is 5.56 Å². The highest BCUT2D eigenvalue weighted by atomic mass is 35.5. The average molecular weight is 263 g/mol. The van der Waals surface area contributed by atoms with E-state index in [1.165, 1.54) is 0 Å². The van der Waals surface area contributed by atoms with E-state index >= 15 is 0 Å². The molecule has 0 radical (unpaired) electrons. The van der Waals surface area contributed by atoms with E-state index in [-0.39, 0.29) is 0 Å². The topological polar surface area (TPSA) is 47.3 Å². The van der Waals surface area contributed by atoms with Gasteiger partial charge in [-0.1, -0.05) is 23.7 Å². The second-order valence-electron chi connectivity index (χ2n) is 3.99. The zero-order chi connectivity index (χ0) is 13.0. The minimum atomic E-state index is 0.607. The first-order chi connectivity index (χ1) is 8.69. The normalized spacial score (nSPS) is 10.3. The van der Waals surface area contributed by atoms with Crippen molar-refractivity contribution in [2.75, 3.05) is 18.2 Å². The third-order valence-electron chi connectivity index (χ3n) is 2.54. The van der Waals surface area contributed by atoms with Crippen molar-refractivity contribution in [2.24, 2.45) is 0 Å². The van der Waals surface area contributed by atoms with Crippen molar-refractivity contribution in [3.63, 3.8) is 0 Å². The van der Waals surface area contributed by atoms with Crippen LogP contribution in [0.3, 0.4) is 0 Å². The van der Waals surface area contributed by atoms with Crippen LogP contribution in [0.15, 0.2) is 42.5 Å². The number of halogens is 1. The molecule has 94 valence electrons. The fraction of sp³-hybridized carbons (Fsp3) is 0.143.